The Hall–Kier alpha value is -1.36. The van der Waals surface area contributed by atoms with Crippen molar-refractivity contribution in [3.05, 3.63) is 23.3 Å². The molecule has 19 heavy (non-hydrogen) atoms. The van der Waals surface area contributed by atoms with Gasteiger partial charge < -0.3 is 15.2 Å². The highest BCUT2D eigenvalue weighted by Gasteiger charge is 2.50. The van der Waals surface area contributed by atoms with E-state index in [-0.39, 0.29) is 17.0 Å². The molecular weight excluding hydrogens is 252 g/mol. The minimum Gasteiger partial charge on any atom is -0.493 e. The fraction of sp³-hybridized carbons (Fsp3) is 0.571. The van der Waals surface area contributed by atoms with Crippen LogP contribution in [0.3, 0.4) is 0 Å². The highest BCUT2D eigenvalue weighted by atomic mass is 19.3. The standard InChI is InChI=1S/C14H19F2NO2/c1-8(17)14(4-5-14)10-6-9(13(15)16)7-11(18-2)12(10)19-3/h6-8,13H,4-5,17H2,1-3H3. The van der Waals surface area contributed by atoms with Crippen molar-refractivity contribution in [3.8, 4) is 11.5 Å². The quantitative estimate of drug-likeness (QED) is 0.895. The van der Waals surface area contributed by atoms with Crippen LogP contribution in [0.2, 0.25) is 0 Å². The summed E-state index contributed by atoms with van der Waals surface area (Å²) in [5, 5.41) is 0. The van der Waals surface area contributed by atoms with Crippen LogP contribution >= 0.6 is 0 Å². The van der Waals surface area contributed by atoms with Crippen LogP contribution in [-0.2, 0) is 5.41 Å². The maximum Gasteiger partial charge on any atom is 0.263 e. The monoisotopic (exact) mass is 271 g/mol. The maximum absolute atomic E-state index is 13.0. The molecule has 0 saturated heterocycles. The summed E-state index contributed by atoms with van der Waals surface area (Å²) in [6.45, 7) is 1.90. The van der Waals surface area contributed by atoms with Gasteiger partial charge in [-0.3, -0.25) is 0 Å². The van der Waals surface area contributed by atoms with Gasteiger partial charge in [-0.05, 0) is 31.9 Å². The average molecular weight is 271 g/mol. The molecule has 1 atom stereocenters. The Labute approximate surface area is 111 Å². The van der Waals surface area contributed by atoms with Crippen LogP contribution in [0.4, 0.5) is 8.78 Å². The molecule has 1 saturated carbocycles. The van der Waals surface area contributed by atoms with E-state index >= 15 is 0 Å². The van der Waals surface area contributed by atoms with Crippen molar-refractivity contribution < 1.29 is 18.3 Å². The van der Waals surface area contributed by atoms with Crippen LogP contribution in [-0.4, -0.2) is 20.3 Å². The molecule has 1 aromatic carbocycles. The molecule has 1 aliphatic rings. The van der Waals surface area contributed by atoms with Crippen LogP contribution in [0.15, 0.2) is 12.1 Å². The van der Waals surface area contributed by atoms with Crippen LogP contribution in [0.1, 0.15) is 37.3 Å². The largest absolute Gasteiger partial charge is 0.493 e. The van der Waals surface area contributed by atoms with Gasteiger partial charge in [-0.2, -0.15) is 0 Å². The minimum atomic E-state index is -2.54. The van der Waals surface area contributed by atoms with Crippen molar-refractivity contribution in [1.29, 1.82) is 0 Å². The summed E-state index contributed by atoms with van der Waals surface area (Å²) in [6, 6.07) is 2.71. The van der Waals surface area contributed by atoms with Gasteiger partial charge in [0.15, 0.2) is 11.5 Å². The third-order valence-electron chi connectivity index (χ3n) is 3.95. The van der Waals surface area contributed by atoms with E-state index in [4.69, 9.17) is 15.2 Å². The summed E-state index contributed by atoms with van der Waals surface area (Å²) in [5.74, 6) is 0.851. The summed E-state index contributed by atoms with van der Waals surface area (Å²) >= 11 is 0. The van der Waals surface area contributed by atoms with E-state index in [2.05, 4.69) is 0 Å². The van der Waals surface area contributed by atoms with Gasteiger partial charge in [-0.1, -0.05) is 0 Å². The highest BCUT2D eigenvalue weighted by molar-refractivity contribution is 5.55. The molecule has 0 heterocycles. The Balaban J connectivity index is 2.60. The first kappa shape index (κ1) is 14.1. The number of rotatable bonds is 5. The smallest absolute Gasteiger partial charge is 0.263 e. The van der Waals surface area contributed by atoms with Crippen molar-refractivity contribution in [2.24, 2.45) is 5.73 Å². The lowest BCUT2D eigenvalue weighted by Crippen LogP contribution is -2.32. The van der Waals surface area contributed by atoms with Crippen molar-refractivity contribution in [1.82, 2.24) is 0 Å². The number of hydrogen-bond acceptors (Lipinski definition) is 3. The lowest BCUT2D eigenvalue weighted by Gasteiger charge is -2.24. The maximum atomic E-state index is 13.0. The number of hydrogen-bond donors (Lipinski definition) is 1. The third-order valence-corrected chi connectivity index (χ3v) is 3.95. The van der Waals surface area contributed by atoms with Crippen molar-refractivity contribution in [3.63, 3.8) is 0 Å². The molecule has 0 aromatic heterocycles. The van der Waals surface area contributed by atoms with Crippen molar-refractivity contribution in [2.75, 3.05) is 14.2 Å². The van der Waals surface area contributed by atoms with E-state index in [1.807, 2.05) is 6.92 Å². The van der Waals surface area contributed by atoms with Crippen LogP contribution in [0.25, 0.3) is 0 Å². The number of nitrogens with two attached hydrogens (primary N) is 1. The second-order valence-electron chi connectivity index (χ2n) is 5.05. The average Bonchev–Trinajstić information content (AvgIpc) is 3.18. The Morgan fingerprint density at radius 1 is 1.21 bits per heavy atom. The van der Waals surface area contributed by atoms with E-state index in [0.29, 0.717) is 11.5 Å². The predicted molar refractivity (Wildman–Crippen MR) is 69.1 cm³/mol. The van der Waals surface area contributed by atoms with Gasteiger partial charge in [0.1, 0.15) is 0 Å². The second-order valence-corrected chi connectivity index (χ2v) is 5.05. The molecule has 1 fully saturated rings. The van der Waals surface area contributed by atoms with Gasteiger partial charge in [-0.15, -0.1) is 0 Å². The summed E-state index contributed by atoms with van der Waals surface area (Å²) in [4.78, 5) is 0. The molecule has 106 valence electrons. The van der Waals surface area contributed by atoms with Gasteiger partial charge >= 0.3 is 0 Å². The molecular formula is C14H19F2NO2. The Morgan fingerprint density at radius 3 is 2.21 bits per heavy atom. The van der Waals surface area contributed by atoms with Crippen LogP contribution in [0.5, 0.6) is 11.5 Å². The van der Waals surface area contributed by atoms with E-state index in [0.717, 1.165) is 18.4 Å². The topological polar surface area (TPSA) is 44.5 Å². The molecule has 0 radical (unpaired) electrons. The summed E-state index contributed by atoms with van der Waals surface area (Å²) < 4.78 is 36.5. The van der Waals surface area contributed by atoms with Crippen molar-refractivity contribution >= 4 is 0 Å². The molecule has 1 aromatic rings. The molecule has 5 heteroatoms. The number of halogens is 2. The fourth-order valence-electron chi connectivity index (χ4n) is 2.59. The number of alkyl halides is 2. The van der Waals surface area contributed by atoms with E-state index < -0.39 is 6.43 Å². The molecule has 0 spiro atoms. The Bertz CT molecular complexity index is 471. The second kappa shape index (κ2) is 4.96. The first-order valence-electron chi connectivity index (χ1n) is 6.26. The first-order chi connectivity index (χ1) is 8.96. The summed E-state index contributed by atoms with van der Waals surface area (Å²) in [7, 11) is 2.96. The van der Waals surface area contributed by atoms with Gasteiger partial charge in [0, 0.05) is 22.6 Å². The van der Waals surface area contributed by atoms with Gasteiger partial charge in [0.05, 0.1) is 14.2 Å². The minimum absolute atomic E-state index is 0.0559. The lowest BCUT2D eigenvalue weighted by atomic mass is 9.87. The number of methoxy groups -OCH3 is 2. The summed E-state index contributed by atoms with van der Waals surface area (Å²) in [6.07, 6.45) is -0.768. The normalized spacial score (nSPS) is 18.3. The van der Waals surface area contributed by atoms with Crippen LogP contribution < -0.4 is 15.2 Å². The predicted octanol–water partition coefficient (Wildman–Crippen LogP) is 3.02. The molecule has 1 aliphatic carbocycles. The van der Waals surface area contributed by atoms with E-state index in [9.17, 15) is 8.78 Å². The van der Waals surface area contributed by atoms with Gasteiger partial charge in [0.2, 0.25) is 0 Å². The SMILES string of the molecule is COc1cc(C(F)F)cc(C2(C(C)N)CC2)c1OC. The van der Waals surface area contributed by atoms with E-state index in [1.54, 1.807) is 0 Å². The zero-order valence-electron chi connectivity index (χ0n) is 11.4. The fourth-order valence-corrected chi connectivity index (χ4v) is 2.59. The Kier molecular flexibility index (Phi) is 3.67. The molecule has 0 aliphatic heterocycles. The molecule has 2 N–H and O–H groups in total. The summed E-state index contributed by atoms with van der Waals surface area (Å²) in [5.41, 5.74) is 6.44. The molecule has 0 amide bonds. The van der Waals surface area contributed by atoms with Crippen LogP contribution in [0, 0.1) is 0 Å². The lowest BCUT2D eigenvalue weighted by molar-refractivity contribution is 0.150. The molecule has 2 rings (SSSR count). The zero-order valence-corrected chi connectivity index (χ0v) is 11.4. The Morgan fingerprint density at radius 2 is 1.84 bits per heavy atom. The number of ether oxygens (including phenoxy) is 2. The molecule has 3 nitrogen and oxygen atoms in total. The first-order valence-corrected chi connectivity index (χ1v) is 6.26. The van der Waals surface area contributed by atoms with E-state index in [1.165, 1.54) is 26.4 Å². The number of benzene rings is 1. The zero-order chi connectivity index (χ0) is 14.2. The van der Waals surface area contributed by atoms with Crippen molar-refractivity contribution in [2.45, 2.75) is 37.6 Å². The van der Waals surface area contributed by atoms with Gasteiger partial charge in [-0.25, -0.2) is 8.78 Å². The third kappa shape index (κ3) is 2.27. The molecule has 0 bridgehead atoms. The molecule has 1 unspecified atom stereocenters. The highest BCUT2D eigenvalue weighted by Crippen LogP contribution is 2.55. The van der Waals surface area contributed by atoms with Gasteiger partial charge in [0.25, 0.3) is 6.43 Å².